The standard InChI is InChI=1S/C12H20IN3/c1-6-7-8-9(13)10(14-5)16-11(15-8)12(2,3)4/h6-7H2,1-5H3,(H,14,15,16). The molecular weight excluding hydrogens is 313 g/mol. The van der Waals surface area contributed by atoms with Gasteiger partial charge in [-0.05, 0) is 29.0 Å². The molecule has 0 aliphatic heterocycles. The van der Waals surface area contributed by atoms with E-state index in [-0.39, 0.29) is 5.41 Å². The van der Waals surface area contributed by atoms with E-state index < -0.39 is 0 Å². The second-order valence-electron chi connectivity index (χ2n) is 4.91. The number of nitrogens with one attached hydrogen (secondary N) is 1. The third kappa shape index (κ3) is 3.06. The van der Waals surface area contributed by atoms with Crippen LogP contribution in [0.15, 0.2) is 0 Å². The van der Waals surface area contributed by atoms with Gasteiger partial charge in [0, 0.05) is 12.5 Å². The van der Waals surface area contributed by atoms with E-state index in [1.165, 1.54) is 0 Å². The summed E-state index contributed by atoms with van der Waals surface area (Å²) in [6, 6.07) is 0. The Balaban J connectivity index is 3.28. The molecule has 1 N–H and O–H groups in total. The minimum atomic E-state index is -0.00156. The maximum atomic E-state index is 4.68. The fourth-order valence-corrected chi connectivity index (χ4v) is 2.18. The molecule has 0 unspecified atom stereocenters. The van der Waals surface area contributed by atoms with Gasteiger partial charge in [0.05, 0.1) is 9.26 Å². The van der Waals surface area contributed by atoms with Crippen LogP contribution < -0.4 is 5.32 Å². The summed E-state index contributed by atoms with van der Waals surface area (Å²) in [7, 11) is 1.91. The van der Waals surface area contributed by atoms with Crippen molar-refractivity contribution >= 4 is 28.4 Å². The van der Waals surface area contributed by atoms with Crippen LogP contribution in [0.1, 0.15) is 45.6 Å². The maximum Gasteiger partial charge on any atom is 0.143 e. The summed E-state index contributed by atoms with van der Waals surface area (Å²) in [6.07, 6.45) is 2.12. The van der Waals surface area contributed by atoms with Gasteiger partial charge in [0.15, 0.2) is 0 Å². The number of hydrogen-bond donors (Lipinski definition) is 1. The first-order valence-electron chi connectivity index (χ1n) is 5.64. The van der Waals surface area contributed by atoms with Crippen LogP contribution in [0.2, 0.25) is 0 Å². The molecular formula is C12H20IN3. The van der Waals surface area contributed by atoms with E-state index in [1.54, 1.807) is 0 Å². The van der Waals surface area contributed by atoms with Gasteiger partial charge in [-0.3, -0.25) is 0 Å². The average molecular weight is 333 g/mol. The lowest BCUT2D eigenvalue weighted by Gasteiger charge is -2.19. The molecule has 0 aliphatic rings. The Labute approximate surface area is 112 Å². The Morgan fingerprint density at radius 1 is 1.25 bits per heavy atom. The summed E-state index contributed by atoms with van der Waals surface area (Å²) in [4.78, 5) is 9.26. The summed E-state index contributed by atoms with van der Waals surface area (Å²) < 4.78 is 1.15. The van der Waals surface area contributed by atoms with Crippen LogP contribution >= 0.6 is 22.6 Å². The van der Waals surface area contributed by atoms with E-state index in [0.29, 0.717) is 0 Å². The number of hydrogen-bond acceptors (Lipinski definition) is 3. The highest BCUT2D eigenvalue weighted by Gasteiger charge is 2.20. The summed E-state index contributed by atoms with van der Waals surface area (Å²) in [6.45, 7) is 8.60. The van der Waals surface area contributed by atoms with Crippen molar-refractivity contribution in [3.8, 4) is 0 Å². The van der Waals surface area contributed by atoms with Crippen molar-refractivity contribution in [1.82, 2.24) is 9.97 Å². The molecule has 1 aromatic heterocycles. The SMILES string of the molecule is CCCc1nc(C(C)(C)C)nc(NC)c1I. The molecule has 0 bridgehead atoms. The van der Waals surface area contributed by atoms with Crippen LogP contribution in [0.25, 0.3) is 0 Å². The molecule has 3 nitrogen and oxygen atoms in total. The molecule has 1 rings (SSSR count). The third-order valence-electron chi connectivity index (χ3n) is 2.31. The molecule has 16 heavy (non-hydrogen) atoms. The fraction of sp³-hybridized carbons (Fsp3) is 0.667. The Morgan fingerprint density at radius 3 is 2.31 bits per heavy atom. The van der Waals surface area contributed by atoms with Gasteiger partial charge >= 0.3 is 0 Å². The molecule has 1 aromatic rings. The van der Waals surface area contributed by atoms with Crippen LogP contribution in [0.5, 0.6) is 0 Å². The number of anilines is 1. The molecule has 0 radical (unpaired) electrons. The molecule has 90 valence electrons. The summed E-state index contributed by atoms with van der Waals surface area (Å²) in [5.41, 5.74) is 1.16. The second-order valence-corrected chi connectivity index (χ2v) is 5.99. The monoisotopic (exact) mass is 333 g/mol. The lowest BCUT2D eigenvalue weighted by Crippen LogP contribution is -2.19. The largest absolute Gasteiger partial charge is 0.372 e. The lowest BCUT2D eigenvalue weighted by atomic mass is 9.95. The van der Waals surface area contributed by atoms with Gasteiger partial charge in [0.2, 0.25) is 0 Å². The summed E-state index contributed by atoms with van der Waals surface area (Å²) in [5, 5.41) is 3.15. The first-order chi connectivity index (χ1) is 7.40. The minimum Gasteiger partial charge on any atom is -0.372 e. The number of nitrogens with zero attached hydrogens (tertiary/aromatic N) is 2. The van der Waals surface area contributed by atoms with E-state index in [2.05, 4.69) is 65.6 Å². The van der Waals surface area contributed by atoms with Gasteiger partial charge in [0.25, 0.3) is 0 Å². The molecule has 0 atom stereocenters. The highest BCUT2D eigenvalue weighted by atomic mass is 127. The topological polar surface area (TPSA) is 37.8 Å². The highest BCUT2D eigenvalue weighted by Crippen LogP contribution is 2.25. The minimum absolute atomic E-state index is 0.00156. The van der Waals surface area contributed by atoms with E-state index in [4.69, 9.17) is 0 Å². The quantitative estimate of drug-likeness (QED) is 0.862. The summed E-state index contributed by atoms with van der Waals surface area (Å²) in [5.74, 6) is 1.87. The molecule has 0 spiro atoms. The number of aryl methyl sites for hydroxylation is 1. The Morgan fingerprint density at radius 2 is 1.88 bits per heavy atom. The van der Waals surface area contributed by atoms with Gasteiger partial charge in [-0.15, -0.1) is 0 Å². The van der Waals surface area contributed by atoms with Crippen molar-refractivity contribution in [2.24, 2.45) is 0 Å². The van der Waals surface area contributed by atoms with E-state index in [1.807, 2.05) is 7.05 Å². The average Bonchev–Trinajstić information content (AvgIpc) is 2.19. The van der Waals surface area contributed by atoms with Gasteiger partial charge in [0.1, 0.15) is 11.6 Å². The molecule has 0 saturated carbocycles. The first-order valence-corrected chi connectivity index (χ1v) is 6.72. The van der Waals surface area contributed by atoms with Crippen molar-refractivity contribution in [1.29, 1.82) is 0 Å². The first kappa shape index (κ1) is 13.7. The zero-order valence-electron chi connectivity index (χ0n) is 10.7. The van der Waals surface area contributed by atoms with Crippen molar-refractivity contribution in [2.75, 3.05) is 12.4 Å². The molecule has 1 heterocycles. The van der Waals surface area contributed by atoms with Gasteiger partial charge in [-0.1, -0.05) is 34.1 Å². The van der Waals surface area contributed by atoms with Crippen LogP contribution in [0, 0.1) is 3.57 Å². The zero-order chi connectivity index (χ0) is 12.3. The maximum absolute atomic E-state index is 4.68. The fourth-order valence-electron chi connectivity index (χ4n) is 1.40. The van der Waals surface area contributed by atoms with Crippen LogP contribution in [-0.4, -0.2) is 17.0 Å². The van der Waals surface area contributed by atoms with Crippen LogP contribution in [-0.2, 0) is 11.8 Å². The van der Waals surface area contributed by atoms with Gasteiger partial charge < -0.3 is 5.32 Å². The number of rotatable bonds is 3. The van der Waals surface area contributed by atoms with Crippen LogP contribution in [0.3, 0.4) is 0 Å². The number of halogens is 1. The van der Waals surface area contributed by atoms with E-state index >= 15 is 0 Å². The summed E-state index contributed by atoms with van der Waals surface area (Å²) >= 11 is 2.32. The third-order valence-corrected chi connectivity index (χ3v) is 3.45. The van der Waals surface area contributed by atoms with Gasteiger partial charge in [-0.2, -0.15) is 0 Å². The second kappa shape index (κ2) is 5.29. The zero-order valence-corrected chi connectivity index (χ0v) is 12.8. The Kier molecular flexibility index (Phi) is 4.52. The van der Waals surface area contributed by atoms with Crippen molar-refractivity contribution in [3.63, 3.8) is 0 Å². The van der Waals surface area contributed by atoms with Crippen molar-refractivity contribution in [3.05, 3.63) is 15.1 Å². The molecule has 0 amide bonds. The Bertz CT molecular complexity index is 369. The van der Waals surface area contributed by atoms with Crippen LogP contribution in [0.4, 0.5) is 5.82 Å². The van der Waals surface area contributed by atoms with E-state index in [9.17, 15) is 0 Å². The molecule has 0 aromatic carbocycles. The highest BCUT2D eigenvalue weighted by molar-refractivity contribution is 14.1. The predicted molar refractivity (Wildman–Crippen MR) is 77.0 cm³/mol. The Hall–Kier alpha value is -0.390. The molecule has 0 saturated heterocycles. The van der Waals surface area contributed by atoms with Gasteiger partial charge in [-0.25, -0.2) is 9.97 Å². The predicted octanol–water partition coefficient (Wildman–Crippen LogP) is 3.37. The molecule has 0 fully saturated rings. The number of aromatic nitrogens is 2. The smallest absolute Gasteiger partial charge is 0.143 e. The molecule has 0 aliphatic carbocycles. The van der Waals surface area contributed by atoms with Crippen molar-refractivity contribution in [2.45, 2.75) is 46.0 Å². The lowest BCUT2D eigenvalue weighted by molar-refractivity contribution is 0.541. The van der Waals surface area contributed by atoms with E-state index in [0.717, 1.165) is 33.7 Å². The normalized spacial score (nSPS) is 11.6. The van der Waals surface area contributed by atoms with Crippen molar-refractivity contribution < 1.29 is 0 Å². The molecule has 4 heteroatoms.